The van der Waals surface area contributed by atoms with Gasteiger partial charge in [-0.1, -0.05) is 12.8 Å². The number of rotatable bonds is 8. The van der Waals surface area contributed by atoms with E-state index in [4.69, 9.17) is 10.00 Å². The van der Waals surface area contributed by atoms with Gasteiger partial charge < -0.3 is 10.1 Å². The summed E-state index contributed by atoms with van der Waals surface area (Å²) < 4.78 is 31.5. The Morgan fingerprint density at radius 2 is 1.89 bits per heavy atom. The van der Waals surface area contributed by atoms with Crippen LogP contribution in [0.4, 0.5) is 0 Å². The molecule has 1 aromatic rings. The van der Waals surface area contributed by atoms with Crippen LogP contribution in [-0.4, -0.2) is 39.0 Å². The van der Waals surface area contributed by atoms with E-state index in [0.29, 0.717) is 0 Å². The molecule has 0 bridgehead atoms. The molecule has 27 heavy (non-hydrogen) atoms. The Kier molecular flexibility index (Phi) is 7.33. The maximum absolute atomic E-state index is 12.2. The van der Waals surface area contributed by atoms with E-state index in [9.17, 15) is 18.0 Å². The summed E-state index contributed by atoms with van der Waals surface area (Å²) in [5.74, 6) is -1.04. The van der Waals surface area contributed by atoms with Crippen LogP contribution in [-0.2, 0) is 19.6 Å². The summed E-state index contributed by atoms with van der Waals surface area (Å²) in [6, 6.07) is 7.17. The third-order valence-corrected chi connectivity index (χ3v) is 5.76. The summed E-state index contributed by atoms with van der Waals surface area (Å²) in [5.41, 5.74) is 0.145. The second kappa shape index (κ2) is 9.48. The minimum Gasteiger partial charge on any atom is -0.449 e. The Hall–Kier alpha value is -2.44. The fourth-order valence-electron chi connectivity index (χ4n) is 2.77. The zero-order valence-corrected chi connectivity index (χ0v) is 15.9. The van der Waals surface area contributed by atoms with Crippen LogP contribution in [0.25, 0.3) is 0 Å². The lowest BCUT2D eigenvalue weighted by Crippen LogP contribution is -2.40. The van der Waals surface area contributed by atoms with Gasteiger partial charge in [-0.15, -0.1) is 0 Å². The third-order valence-electron chi connectivity index (χ3n) is 4.28. The molecule has 1 amide bonds. The minimum atomic E-state index is -3.74. The van der Waals surface area contributed by atoms with Crippen molar-refractivity contribution in [2.24, 2.45) is 0 Å². The maximum atomic E-state index is 12.2. The van der Waals surface area contributed by atoms with Gasteiger partial charge in [-0.2, -0.15) is 5.26 Å². The molecule has 0 aromatic heterocycles. The first-order valence-corrected chi connectivity index (χ1v) is 10.3. The quantitative estimate of drug-likeness (QED) is 0.509. The van der Waals surface area contributed by atoms with Crippen molar-refractivity contribution in [1.82, 2.24) is 10.0 Å². The van der Waals surface area contributed by atoms with Gasteiger partial charge in [0.2, 0.25) is 10.0 Å². The molecule has 0 saturated heterocycles. The molecule has 1 aromatic carbocycles. The highest BCUT2D eigenvalue weighted by Crippen LogP contribution is 2.18. The van der Waals surface area contributed by atoms with Crippen LogP contribution in [0.1, 0.15) is 49.4 Å². The monoisotopic (exact) mass is 393 g/mol. The van der Waals surface area contributed by atoms with Gasteiger partial charge in [0.15, 0.2) is 6.10 Å². The van der Waals surface area contributed by atoms with Crippen molar-refractivity contribution < 1.29 is 22.7 Å². The van der Waals surface area contributed by atoms with Crippen LogP contribution in [0.5, 0.6) is 0 Å². The lowest BCUT2D eigenvalue weighted by atomic mass is 10.2. The predicted molar refractivity (Wildman–Crippen MR) is 97.1 cm³/mol. The fourth-order valence-corrected chi connectivity index (χ4v) is 3.80. The Bertz CT molecular complexity index is 808. The van der Waals surface area contributed by atoms with Crippen LogP contribution < -0.4 is 10.0 Å². The second-order valence-electron chi connectivity index (χ2n) is 6.37. The van der Waals surface area contributed by atoms with Gasteiger partial charge in [0.05, 0.1) is 16.5 Å². The highest BCUT2D eigenvalue weighted by Gasteiger charge is 2.23. The average molecular weight is 393 g/mol. The van der Waals surface area contributed by atoms with Gasteiger partial charge >= 0.3 is 5.97 Å². The molecule has 1 saturated carbocycles. The highest BCUT2D eigenvalue weighted by atomic mass is 32.2. The molecular weight excluding hydrogens is 370 g/mol. The molecule has 1 aliphatic rings. The lowest BCUT2D eigenvalue weighted by molar-refractivity contribution is -0.129. The Morgan fingerprint density at radius 1 is 1.26 bits per heavy atom. The smallest absolute Gasteiger partial charge is 0.338 e. The molecule has 0 aliphatic heterocycles. The number of hydrogen-bond acceptors (Lipinski definition) is 6. The van der Waals surface area contributed by atoms with Crippen molar-refractivity contribution in [3.05, 3.63) is 29.8 Å². The molecule has 8 nitrogen and oxygen atoms in total. The van der Waals surface area contributed by atoms with Crippen molar-refractivity contribution in [1.29, 1.82) is 5.26 Å². The SMILES string of the molecule is C[C@H](OC(=O)c1ccc(S(=O)(=O)NCCC#N)cc1)C(=O)NC1CCCC1. The second-order valence-corrected chi connectivity index (χ2v) is 8.13. The summed E-state index contributed by atoms with van der Waals surface area (Å²) in [5, 5.41) is 11.3. The van der Waals surface area contributed by atoms with Crippen molar-refractivity contribution in [3.8, 4) is 6.07 Å². The molecule has 1 atom stereocenters. The van der Waals surface area contributed by atoms with Gasteiger partial charge in [-0.3, -0.25) is 4.79 Å². The number of carbonyl (C=O) groups excluding carboxylic acids is 2. The summed E-state index contributed by atoms with van der Waals surface area (Å²) in [4.78, 5) is 24.2. The predicted octanol–water partition coefficient (Wildman–Crippen LogP) is 1.48. The number of benzene rings is 1. The average Bonchev–Trinajstić information content (AvgIpc) is 3.15. The molecule has 2 N–H and O–H groups in total. The number of sulfonamides is 1. The first-order chi connectivity index (χ1) is 12.8. The number of esters is 1. The standard InChI is InChI=1S/C18H23N3O5S/c1-13(17(22)21-15-5-2-3-6-15)26-18(23)14-7-9-16(10-8-14)27(24,25)20-12-4-11-19/h7-10,13,15,20H,2-6,12H2,1H3,(H,21,22)/t13-/m0/s1. The molecule has 1 fully saturated rings. The molecule has 0 spiro atoms. The fraction of sp³-hybridized carbons (Fsp3) is 0.500. The zero-order chi connectivity index (χ0) is 19.9. The van der Waals surface area contributed by atoms with E-state index in [1.54, 1.807) is 0 Å². The van der Waals surface area contributed by atoms with Crippen LogP contribution in [0.3, 0.4) is 0 Å². The first-order valence-electron chi connectivity index (χ1n) is 8.81. The van der Waals surface area contributed by atoms with Gasteiger partial charge in [0, 0.05) is 19.0 Å². The normalized spacial score (nSPS) is 15.7. The van der Waals surface area contributed by atoms with Crippen LogP contribution in [0.15, 0.2) is 29.2 Å². The van der Waals surface area contributed by atoms with E-state index in [1.165, 1.54) is 31.2 Å². The van der Waals surface area contributed by atoms with E-state index in [-0.39, 0.29) is 35.4 Å². The van der Waals surface area contributed by atoms with Gasteiger partial charge in [-0.05, 0) is 44.0 Å². The molecule has 0 unspecified atom stereocenters. The molecule has 1 aliphatic carbocycles. The van der Waals surface area contributed by atoms with Crippen molar-refractivity contribution in [3.63, 3.8) is 0 Å². The van der Waals surface area contributed by atoms with Crippen molar-refractivity contribution in [2.75, 3.05) is 6.54 Å². The summed E-state index contributed by atoms with van der Waals surface area (Å²) >= 11 is 0. The number of amides is 1. The number of nitriles is 1. The number of hydrogen-bond donors (Lipinski definition) is 2. The van der Waals surface area contributed by atoms with Gasteiger partial charge in [-0.25, -0.2) is 17.9 Å². The van der Waals surface area contributed by atoms with E-state index in [2.05, 4.69) is 10.0 Å². The Balaban J connectivity index is 1.92. The molecule has 0 radical (unpaired) electrons. The molecule has 9 heteroatoms. The van der Waals surface area contributed by atoms with Gasteiger partial charge in [0.25, 0.3) is 5.91 Å². The van der Waals surface area contributed by atoms with E-state index in [0.717, 1.165) is 25.7 Å². The zero-order valence-electron chi connectivity index (χ0n) is 15.1. The molecule has 0 heterocycles. The van der Waals surface area contributed by atoms with Crippen molar-refractivity contribution in [2.45, 2.75) is 56.1 Å². The highest BCUT2D eigenvalue weighted by molar-refractivity contribution is 7.89. The van der Waals surface area contributed by atoms with Crippen LogP contribution in [0.2, 0.25) is 0 Å². The van der Waals surface area contributed by atoms with Crippen LogP contribution in [0, 0.1) is 11.3 Å². The number of carbonyl (C=O) groups is 2. The Labute approximate surface area is 158 Å². The topological polar surface area (TPSA) is 125 Å². The first kappa shape index (κ1) is 20.9. The maximum Gasteiger partial charge on any atom is 0.338 e. The van der Waals surface area contributed by atoms with E-state index in [1.807, 2.05) is 6.07 Å². The van der Waals surface area contributed by atoms with E-state index >= 15 is 0 Å². The van der Waals surface area contributed by atoms with Gasteiger partial charge in [0.1, 0.15) is 0 Å². The largest absolute Gasteiger partial charge is 0.449 e. The number of nitrogens with one attached hydrogen (secondary N) is 2. The summed E-state index contributed by atoms with van der Waals surface area (Å²) in [6.07, 6.45) is 3.16. The Morgan fingerprint density at radius 3 is 2.48 bits per heavy atom. The van der Waals surface area contributed by atoms with Crippen molar-refractivity contribution >= 4 is 21.9 Å². The third kappa shape index (κ3) is 6.05. The minimum absolute atomic E-state index is 0.0102. The molecule has 146 valence electrons. The molecular formula is C18H23N3O5S. The molecule has 2 rings (SSSR count). The number of nitrogens with zero attached hydrogens (tertiary/aromatic N) is 1. The summed E-state index contributed by atoms with van der Waals surface area (Å²) in [6.45, 7) is 1.51. The summed E-state index contributed by atoms with van der Waals surface area (Å²) in [7, 11) is -3.74. The van der Waals surface area contributed by atoms with E-state index < -0.39 is 22.1 Å². The number of ether oxygens (including phenoxy) is 1. The van der Waals surface area contributed by atoms with Crippen LogP contribution >= 0.6 is 0 Å². The lowest BCUT2D eigenvalue weighted by Gasteiger charge is -2.17.